The molecule has 0 radical (unpaired) electrons. The molecule has 2 saturated heterocycles. The fraction of sp³-hybridized carbons (Fsp3) is 0.333. The van der Waals surface area contributed by atoms with E-state index in [-0.39, 0.29) is 23.9 Å². The van der Waals surface area contributed by atoms with Crippen LogP contribution in [0, 0.1) is 0 Å². The van der Waals surface area contributed by atoms with E-state index in [4.69, 9.17) is 4.74 Å². The molecule has 200 valence electrons. The Kier molecular flexibility index (Phi) is 7.12. The number of nitrogens with one attached hydrogen (secondary N) is 2. The molecule has 0 spiro atoms. The summed E-state index contributed by atoms with van der Waals surface area (Å²) in [6, 6.07) is 12.2. The SMILES string of the molecule is O=C(Nc1ccc(-c2noc(=O)[nH]2)cc1)[C@H](O)[C@H]1OCCN(c2ccc(S(=O)(=O)N3CCCC3)cc2)C1=O. The van der Waals surface area contributed by atoms with Gasteiger partial charge in [-0.3, -0.25) is 19.1 Å². The highest BCUT2D eigenvalue weighted by Gasteiger charge is 2.39. The minimum absolute atomic E-state index is 0.0686. The average molecular weight is 544 g/mol. The van der Waals surface area contributed by atoms with E-state index in [1.54, 1.807) is 12.1 Å². The van der Waals surface area contributed by atoms with E-state index in [2.05, 4.69) is 20.0 Å². The summed E-state index contributed by atoms with van der Waals surface area (Å²) in [5.74, 6) is -1.95. The third-order valence-corrected chi connectivity index (χ3v) is 8.31. The lowest BCUT2D eigenvalue weighted by atomic mass is 10.1. The van der Waals surface area contributed by atoms with Crippen molar-refractivity contribution in [3.05, 3.63) is 59.1 Å². The van der Waals surface area contributed by atoms with E-state index in [0.29, 0.717) is 30.0 Å². The van der Waals surface area contributed by atoms with Crippen LogP contribution in [0.15, 0.2) is 62.7 Å². The van der Waals surface area contributed by atoms with E-state index in [9.17, 15) is 27.9 Å². The molecule has 2 fully saturated rings. The Labute approximate surface area is 217 Å². The van der Waals surface area contributed by atoms with E-state index < -0.39 is 39.8 Å². The summed E-state index contributed by atoms with van der Waals surface area (Å²) in [5, 5.41) is 16.7. The molecule has 2 atom stereocenters. The molecule has 0 unspecified atom stereocenters. The van der Waals surface area contributed by atoms with Gasteiger partial charge in [-0.15, -0.1) is 0 Å². The van der Waals surface area contributed by atoms with E-state index in [1.165, 1.54) is 45.6 Å². The standard InChI is InChI=1S/C24H25N5O8S/c30-19(22(31)25-16-5-3-15(4-6-16)21-26-24(33)37-27-21)20-23(32)29(13-14-36-20)17-7-9-18(10-8-17)38(34,35)28-11-1-2-12-28/h3-10,19-20,30H,1-2,11-14H2,(H,25,31)(H,26,27,33)/t19-,20-/m1/s1. The number of aliphatic hydroxyl groups excluding tert-OH is 1. The van der Waals surface area contributed by atoms with E-state index in [0.717, 1.165) is 12.8 Å². The lowest BCUT2D eigenvalue weighted by Gasteiger charge is -2.34. The third-order valence-electron chi connectivity index (χ3n) is 6.39. The van der Waals surface area contributed by atoms with Crippen LogP contribution < -0.4 is 16.0 Å². The van der Waals surface area contributed by atoms with Crippen LogP contribution in [0.25, 0.3) is 11.4 Å². The maximum atomic E-state index is 13.1. The molecule has 2 aliphatic rings. The Bertz CT molecular complexity index is 1480. The molecule has 3 aromatic rings. The Morgan fingerprint density at radius 3 is 2.37 bits per heavy atom. The summed E-state index contributed by atoms with van der Waals surface area (Å²) in [4.78, 5) is 40.8. The number of hydrogen-bond donors (Lipinski definition) is 3. The van der Waals surface area contributed by atoms with Gasteiger partial charge in [0.15, 0.2) is 18.0 Å². The van der Waals surface area contributed by atoms with Gasteiger partial charge in [-0.05, 0) is 61.4 Å². The Morgan fingerprint density at radius 1 is 1.05 bits per heavy atom. The fourth-order valence-electron chi connectivity index (χ4n) is 4.38. The molecular formula is C24H25N5O8S. The fourth-order valence-corrected chi connectivity index (χ4v) is 5.90. The van der Waals surface area contributed by atoms with Crippen LogP contribution in [-0.4, -0.2) is 78.2 Å². The zero-order chi connectivity index (χ0) is 26.9. The number of H-pyrrole nitrogens is 1. The second-order valence-corrected chi connectivity index (χ2v) is 10.8. The Hall–Kier alpha value is -3.85. The number of amides is 2. The summed E-state index contributed by atoms with van der Waals surface area (Å²) in [6.45, 7) is 1.22. The number of ether oxygens (including phenoxy) is 1. The second-order valence-electron chi connectivity index (χ2n) is 8.84. The van der Waals surface area contributed by atoms with Gasteiger partial charge in [0.05, 0.1) is 11.5 Å². The topological polar surface area (TPSA) is 175 Å². The van der Waals surface area contributed by atoms with Crippen molar-refractivity contribution in [2.75, 3.05) is 36.5 Å². The maximum Gasteiger partial charge on any atom is 0.439 e. The summed E-state index contributed by atoms with van der Waals surface area (Å²) < 4.78 is 36.9. The number of aromatic nitrogens is 2. The Morgan fingerprint density at radius 2 is 1.74 bits per heavy atom. The first-order chi connectivity index (χ1) is 18.2. The number of aromatic amines is 1. The zero-order valence-electron chi connectivity index (χ0n) is 20.1. The van der Waals surface area contributed by atoms with Gasteiger partial charge in [0, 0.05) is 36.6 Å². The van der Waals surface area contributed by atoms with Gasteiger partial charge >= 0.3 is 5.76 Å². The largest absolute Gasteiger partial charge is 0.439 e. The number of hydrogen-bond acceptors (Lipinski definition) is 9. The van der Waals surface area contributed by atoms with Crippen molar-refractivity contribution >= 4 is 33.2 Å². The first kappa shape index (κ1) is 25.8. The number of morpholine rings is 1. The molecule has 0 saturated carbocycles. The average Bonchev–Trinajstić information content (AvgIpc) is 3.62. The summed E-state index contributed by atoms with van der Waals surface area (Å²) in [6.07, 6.45) is -1.59. The van der Waals surface area contributed by atoms with Crippen LogP contribution in [-0.2, 0) is 24.3 Å². The first-order valence-electron chi connectivity index (χ1n) is 11.9. The minimum Gasteiger partial charge on any atom is -0.380 e. The summed E-state index contributed by atoms with van der Waals surface area (Å²) in [7, 11) is -3.59. The molecule has 38 heavy (non-hydrogen) atoms. The highest BCUT2D eigenvalue weighted by molar-refractivity contribution is 7.89. The van der Waals surface area contributed by atoms with Crippen molar-refractivity contribution in [1.29, 1.82) is 0 Å². The van der Waals surface area contributed by atoms with Crippen molar-refractivity contribution in [2.24, 2.45) is 0 Å². The Balaban J connectivity index is 1.24. The summed E-state index contributed by atoms with van der Waals surface area (Å²) in [5.41, 5.74) is 1.30. The molecule has 0 aliphatic carbocycles. The van der Waals surface area contributed by atoms with Gasteiger partial charge in [0.25, 0.3) is 11.8 Å². The lowest BCUT2D eigenvalue weighted by Crippen LogP contribution is -2.55. The number of carbonyl (C=O) groups is 2. The van der Waals surface area contributed by atoms with Crippen molar-refractivity contribution in [1.82, 2.24) is 14.4 Å². The number of anilines is 2. The highest BCUT2D eigenvalue weighted by Crippen LogP contribution is 2.26. The highest BCUT2D eigenvalue weighted by atomic mass is 32.2. The van der Waals surface area contributed by atoms with Crippen molar-refractivity contribution in [3.8, 4) is 11.4 Å². The summed E-state index contributed by atoms with van der Waals surface area (Å²) >= 11 is 0. The van der Waals surface area contributed by atoms with Gasteiger partial charge in [-0.2, -0.15) is 4.31 Å². The lowest BCUT2D eigenvalue weighted by molar-refractivity contribution is -0.150. The number of rotatable bonds is 7. The molecule has 3 N–H and O–H groups in total. The number of nitrogens with zero attached hydrogens (tertiary/aromatic N) is 3. The molecule has 14 heteroatoms. The first-order valence-corrected chi connectivity index (χ1v) is 13.4. The van der Waals surface area contributed by atoms with Crippen LogP contribution in [0.4, 0.5) is 11.4 Å². The van der Waals surface area contributed by atoms with Crippen molar-refractivity contribution in [2.45, 2.75) is 29.9 Å². The van der Waals surface area contributed by atoms with Crippen LogP contribution in [0.5, 0.6) is 0 Å². The van der Waals surface area contributed by atoms with Gasteiger partial charge in [-0.25, -0.2) is 13.2 Å². The van der Waals surface area contributed by atoms with Crippen LogP contribution >= 0.6 is 0 Å². The molecule has 2 amide bonds. The van der Waals surface area contributed by atoms with E-state index in [1.807, 2.05) is 0 Å². The monoisotopic (exact) mass is 543 g/mol. The second kappa shape index (κ2) is 10.5. The molecule has 3 heterocycles. The van der Waals surface area contributed by atoms with Gasteiger partial charge < -0.3 is 20.1 Å². The maximum absolute atomic E-state index is 13.1. The predicted molar refractivity (Wildman–Crippen MR) is 134 cm³/mol. The normalized spacial score (nSPS) is 19.4. The van der Waals surface area contributed by atoms with Crippen LogP contribution in [0.2, 0.25) is 0 Å². The van der Waals surface area contributed by atoms with Gasteiger partial charge in [-0.1, -0.05) is 5.16 Å². The van der Waals surface area contributed by atoms with Gasteiger partial charge in [0.2, 0.25) is 10.0 Å². The predicted octanol–water partition coefficient (Wildman–Crippen LogP) is 0.546. The molecule has 2 aromatic carbocycles. The quantitative estimate of drug-likeness (QED) is 0.384. The zero-order valence-corrected chi connectivity index (χ0v) is 20.9. The number of aliphatic hydroxyl groups is 1. The molecule has 2 aliphatic heterocycles. The molecule has 1 aromatic heterocycles. The molecular weight excluding hydrogens is 518 g/mol. The number of benzene rings is 2. The smallest absolute Gasteiger partial charge is 0.380 e. The molecule has 5 rings (SSSR count). The number of sulfonamides is 1. The van der Waals surface area contributed by atoms with Crippen molar-refractivity contribution < 1.29 is 32.4 Å². The van der Waals surface area contributed by atoms with E-state index >= 15 is 0 Å². The molecule has 13 nitrogen and oxygen atoms in total. The minimum atomic E-state index is -3.59. The van der Waals surface area contributed by atoms with Crippen LogP contribution in [0.1, 0.15) is 12.8 Å². The third kappa shape index (κ3) is 5.11. The van der Waals surface area contributed by atoms with Gasteiger partial charge in [0.1, 0.15) is 0 Å². The van der Waals surface area contributed by atoms with Crippen LogP contribution in [0.3, 0.4) is 0 Å². The van der Waals surface area contributed by atoms with Crippen molar-refractivity contribution in [3.63, 3.8) is 0 Å². The number of carbonyl (C=O) groups excluding carboxylic acids is 2. The molecule has 0 bridgehead atoms.